The maximum atomic E-state index is 12.3. The second-order valence-corrected chi connectivity index (χ2v) is 9.73. The number of carbonyl (C=O) groups excluding carboxylic acids is 1. The highest BCUT2D eigenvalue weighted by molar-refractivity contribution is 5.91. The summed E-state index contributed by atoms with van der Waals surface area (Å²) in [7, 11) is 0. The Bertz CT molecular complexity index is 1280. The number of amides is 1. The van der Waals surface area contributed by atoms with Crippen molar-refractivity contribution in [3.05, 3.63) is 77.4 Å². The fourth-order valence-corrected chi connectivity index (χ4v) is 4.97. The van der Waals surface area contributed by atoms with Crippen LogP contribution in [0.3, 0.4) is 0 Å². The molecule has 0 aliphatic carbocycles. The quantitative estimate of drug-likeness (QED) is 0.362. The van der Waals surface area contributed by atoms with Crippen LogP contribution in [-0.4, -0.2) is 30.3 Å². The van der Waals surface area contributed by atoms with Gasteiger partial charge in [-0.3, -0.25) is 4.79 Å². The number of fused-ring (bicyclic) bond motifs is 2. The first kappa shape index (κ1) is 23.6. The minimum Gasteiger partial charge on any atom is -0.483 e. The van der Waals surface area contributed by atoms with Gasteiger partial charge in [-0.1, -0.05) is 42.5 Å². The standard InChI is InChI=1S/C29H33N3O2/c1-19(2)32-26-14-20(3)23(15-25(26)21(4)16-29(32,5)6)17-30-31-28(33)18-34-27-13-9-11-22-10-7-8-12-24(22)27/h7-17,19H,18H2,1-6H3,(H,31,33)/b30-17+. The Kier molecular flexibility index (Phi) is 6.47. The zero-order valence-electron chi connectivity index (χ0n) is 20.8. The Labute approximate surface area is 202 Å². The predicted molar refractivity (Wildman–Crippen MR) is 142 cm³/mol. The summed E-state index contributed by atoms with van der Waals surface area (Å²) >= 11 is 0. The van der Waals surface area contributed by atoms with Gasteiger partial charge in [0.25, 0.3) is 5.91 Å². The van der Waals surface area contributed by atoms with Crippen LogP contribution in [0, 0.1) is 6.92 Å². The molecule has 0 spiro atoms. The minimum absolute atomic E-state index is 0.0502. The number of anilines is 1. The van der Waals surface area contributed by atoms with E-state index >= 15 is 0 Å². The molecule has 0 radical (unpaired) electrons. The second-order valence-electron chi connectivity index (χ2n) is 9.73. The molecule has 5 nitrogen and oxygen atoms in total. The molecule has 0 saturated carbocycles. The van der Waals surface area contributed by atoms with Crippen LogP contribution in [0.25, 0.3) is 16.3 Å². The number of benzene rings is 3. The first-order valence-corrected chi connectivity index (χ1v) is 11.7. The summed E-state index contributed by atoms with van der Waals surface area (Å²) in [6.07, 6.45) is 4.02. The molecule has 1 aliphatic rings. The highest BCUT2D eigenvalue weighted by atomic mass is 16.5. The molecule has 5 heteroatoms. The van der Waals surface area contributed by atoms with Crippen LogP contribution in [0.2, 0.25) is 0 Å². The molecule has 0 atom stereocenters. The van der Waals surface area contributed by atoms with Gasteiger partial charge in [-0.15, -0.1) is 0 Å². The van der Waals surface area contributed by atoms with Crippen molar-refractivity contribution in [1.29, 1.82) is 0 Å². The topological polar surface area (TPSA) is 53.9 Å². The number of aryl methyl sites for hydroxylation is 1. The third kappa shape index (κ3) is 4.69. The molecule has 0 fully saturated rings. The lowest BCUT2D eigenvalue weighted by Crippen LogP contribution is -2.49. The van der Waals surface area contributed by atoms with E-state index in [9.17, 15) is 4.79 Å². The van der Waals surface area contributed by atoms with Gasteiger partial charge >= 0.3 is 0 Å². The summed E-state index contributed by atoms with van der Waals surface area (Å²) in [5.74, 6) is 0.381. The summed E-state index contributed by atoms with van der Waals surface area (Å²) < 4.78 is 5.75. The molecule has 3 aromatic rings. The largest absolute Gasteiger partial charge is 0.483 e. The van der Waals surface area contributed by atoms with E-state index in [1.807, 2.05) is 42.5 Å². The van der Waals surface area contributed by atoms with E-state index in [0.29, 0.717) is 11.8 Å². The van der Waals surface area contributed by atoms with Crippen LogP contribution >= 0.6 is 0 Å². The van der Waals surface area contributed by atoms with Gasteiger partial charge in [0, 0.05) is 22.7 Å². The van der Waals surface area contributed by atoms with Gasteiger partial charge in [0.2, 0.25) is 0 Å². The zero-order chi connectivity index (χ0) is 24.5. The number of rotatable bonds is 6. The van der Waals surface area contributed by atoms with Gasteiger partial charge in [0.05, 0.1) is 11.8 Å². The lowest BCUT2D eigenvalue weighted by molar-refractivity contribution is -0.123. The number of hydrogen-bond acceptors (Lipinski definition) is 4. The normalized spacial score (nSPS) is 14.9. The minimum atomic E-state index is -0.302. The third-order valence-corrected chi connectivity index (χ3v) is 6.28. The average Bonchev–Trinajstić information content (AvgIpc) is 2.77. The van der Waals surface area contributed by atoms with Crippen molar-refractivity contribution in [2.45, 2.75) is 53.1 Å². The molecule has 34 heavy (non-hydrogen) atoms. The van der Waals surface area contributed by atoms with E-state index in [-0.39, 0.29) is 18.1 Å². The van der Waals surface area contributed by atoms with E-state index in [1.165, 1.54) is 16.8 Å². The molecule has 1 amide bonds. The van der Waals surface area contributed by atoms with Gasteiger partial charge in [0.1, 0.15) is 5.75 Å². The van der Waals surface area contributed by atoms with Crippen LogP contribution in [0.15, 0.2) is 65.8 Å². The predicted octanol–water partition coefficient (Wildman–Crippen LogP) is 6.09. The van der Waals surface area contributed by atoms with Gasteiger partial charge in [-0.25, -0.2) is 5.43 Å². The molecular formula is C29H33N3O2. The van der Waals surface area contributed by atoms with Crippen molar-refractivity contribution < 1.29 is 9.53 Å². The monoisotopic (exact) mass is 455 g/mol. The van der Waals surface area contributed by atoms with Crippen molar-refractivity contribution in [2.24, 2.45) is 5.10 Å². The highest BCUT2D eigenvalue weighted by Crippen LogP contribution is 2.41. The third-order valence-electron chi connectivity index (χ3n) is 6.28. The molecule has 0 saturated heterocycles. The molecule has 1 heterocycles. The lowest BCUT2D eigenvalue weighted by atomic mass is 9.86. The summed E-state index contributed by atoms with van der Waals surface area (Å²) in [5.41, 5.74) is 8.31. The van der Waals surface area contributed by atoms with Crippen molar-refractivity contribution in [3.63, 3.8) is 0 Å². The SMILES string of the molecule is CC1=CC(C)(C)N(C(C)C)c2cc(C)c(/C=N/NC(=O)COc3cccc4ccccc34)cc21. The van der Waals surface area contributed by atoms with Gasteiger partial charge < -0.3 is 9.64 Å². The maximum Gasteiger partial charge on any atom is 0.277 e. The number of carbonyl (C=O) groups is 1. The average molecular weight is 456 g/mol. The van der Waals surface area contributed by atoms with Crippen LogP contribution in [0.5, 0.6) is 5.75 Å². The first-order chi connectivity index (χ1) is 16.2. The number of hydrazone groups is 1. The van der Waals surface area contributed by atoms with Crippen LogP contribution in [0.1, 0.15) is 51.3 Å². The summed E-state index contributed by atoms with van der Waals surface area (Å²) in [5, 5.41) is 6.25. The van der Waals surface area contributed by atoms with Crippen molar-refractivity contribution >= 4 is 34.2 Å². The van der Waals surface area contributed by atoms with Crippen molar-refractivity contribution in [3.8, 4) is 5.75 Å². The van der Waals surface area contributed by atoms with Gasteiger partial charge in [0.15, 0.2) is 6.61 Å². The van der Waals surface area contributed by atoms with Crippen LogP contribution < -0.4 is 15.1 Å². The van der Waals surface area contributed by atoms with E-state index in [1.54, 1.807) is 6.21 Å². The molecule has 1 N–H and O–H groups in total. The van der Waals surface area contributed by atoms with Gasteiger partial charge in [-0.05, 0) is 81.8 Å². The zero-order valence-corrected chi connectivity index (χ0v) is 20.8. The van der Waals surface area contributed by atoms with Crippen LogP contribution in [0.4, 0.5) is 5.69 Å². The Hall–Kier alpha value is -3.60. The summed E-state index contributed by atoms with van der Waals surface area (Å²) in [6, 6.07) is 18.5. The fourth-order valence-electron chi connectivity index (χ4n) is 4.97. The molecular weight excluding hydrogens is 422 g/mol. The van der Waals surface area contributed by atoms with Crippen molar-refractivity contribution in [2.75, 3.05) is 11.5 Å². The molecule has 0 bridgehead atoms. The molecule has 1 aliphatic heterocycles. The molecule has 176 valence electrons. The molecule has 3 aromatic carbocycles. The van der Waals surface area contributed by atoms with Crippen LogP contribution in [-0.2, 0) is 4.79 Å². The first-order valence-electron chi connectivity index (χ1n) is 11.7. The summed E-state index contributed by atoms with van der Waals surface area (Å²) in [6.45, 7) is 13.1. The Morgan fingerprint density at radius 3 is 2.62 bits per heavy atom. The Balaban J connectivity index is 1.46. The lowest BCUT2D eigenvalue weighted by Gasteiger charge is -2.46. The number of nitrogens with zero attached hydrogens (tertiary/aromatic N) is 2. The second kappa shape index (κ2) is 9.34. The Morgan fingerprint density at radius 1 is 1.12 bits per heavy atom. The number of nitrogens with one attached hydrogen (secondary N) is 1. The smallest absolute Gasteiger partial charge is 0.277 e. The number of hydrogen-bond donors (Lipinski definition) is 1. The van der Waals surface area contributed by atoms with E-state index in [2.05, 4.69) is 75.2 Å². The number of allylic oxidation sites excluding steroid dienone is 1. The fraction of sp³-hybridized carbons (Fsp3) is 0.310. The van der Waals surface area contributed by atoms with E-state index in [0.717, 1.165) is 21.9 Å². The van der Waals surface area contributed by atoms with E-state index in [4.69, 9.17) is 4.74 Å². The molecule has 4 rings (SSSR count). The number of ether oxygens (including phenoxy) is 1. The molecule has 0 unspecified atom stereocenters. The van der Waals surface area contributed by atoms with Crippen molar-refractivity contribution in [1.82, 2.24) is 5.43 Å². The highest BCUT2D eigenvalue weighted by Gasteiger charge is 2.33. The molecule has 0 aromatic heterocycles. The summed E-state index contributed by atoms with van der Waals surface area (Å²) in [4.78, 5) is 14.8. The van der Waals surface area contributed by atoms with Gasteiger partial charge in [-0.2, -0.15) is 5.10 Å². The Morgan fingerprint density at radius 2 is 1.85 bits per heavy atom. The maximum absolute atomic E-state index is 12.3. The van der Waals surface area contributed by atoms with E-state index < -0.39 is 0 Å².